The van der Waals surface area contributed by atoms with Crippen LogP contribution in [0.2, 0.25) is 0 Å². The van der Waals surface area contributed by atoms with E-state index in [1.54, 1.807) is 30.5 Å². The Kier molecular flexibility index (Phi) is 3.44. The van der Waals surface area contributed by atoms with E-state index in [0.717, 1.165) is 11.1 Å². The summed E-state index contributed by atoms with van der Waals surface area (Å²) in [7, 11) is 1.53. The molecule has 0 saturated heterocycles. The van der Waals surface area contributed by atoms with Crippen LogP contribution in [-0.4, -0.2) is 17.9 Å². The molecule has 1 aromatic heterocycles. The predicted octanol–water partition coefficient (Wildman–Crippen LogP) is 1.56. The molecule has 3 N–H and O–H groups in total. The number of benzene rings is 1. The molecule has 1 amide bonds. The van der Waals surface area contributed by atoms with E-state index in [4.69, 9.17) is 11.0 Å². The average Bonchev–Trinajstić information content (AvgIpc) is 2.47. The number of nitrogens with one attached hydrogen (secondary N) is 1. The van der Waals surface area contributed by atoms with Crippen molar-refractivity contribution in [2.45, 2.75) is 0 Å². The topological polar surface area (TPSA) is 91.8 Å². The summed E-state index contributed by atoms with van der Waals surface area (Å²) in [5.41, 5.74) is 8.11. The Bertz CT molecular complexity index is 673. The third kappa shape index (κ3) is 2.53. The van der Waals surface area contributed by atoms with Gasteiger partial charge in [0.2, 0.25) is 0 Å². The molecule has 2 rings (SSSR count). The van der Waals surface area contributed by atoms with E-state index in [0.29, 0.717) is 11.1 Å². The van der Waals surface area contributed by atoms with Gasteiger partial charge in [-0.15, -0.1) is 0 Å². The van der Waals surface area contributed by atoms with Crippen LogP contribution in [0.5, 0.6) is 0 Å². The van der Waals surface area contributed by atoms with Crippen molar-refractivity contribution >= 4 is 11.7 Å². The summed E-state index contributed by atoms with van der Waals surface area (Å²) < 4.78 is 0. The van der Waals surface area contributed by atoms with Gasteiger partial charge >= 0.3 is 0 Å². The molecule has 5 heteroatoms. The van der Waals surface area contributed by atoms with Gasteiger partial charge in [0.05, 0.1) is 17.2 Å². The molecule has 0 unspecified atom stereocenters. The number of carbonyl (C=O) groups excluding carboxylic acids is 1. The molecule has 0 spiro atoms. The van der Waals surface area contributed by atoms with Crippen molar-refractivity contribution in [1.82, 2.24) is 10.3 Å². The fraction of sp³-hybridized carbons (Fsp3) is 0.0714. The van der Waals surface area contributed by atoms with E-state index >= 15 is 0 Å². The zero-order chi connectivity index (χ0) is 13.8. The molecule has 94 valence electrons. The molecule has 1 heterocycles. The predicted molar refractivity (Wildman–Crippen MR) is 72.2 cm³/mol. The molecular weight excluding hydrogens is 240 g/mol. The minimum Gasteiger partial charge on any atom is -0.383 e. The molecule has 2 aromatic rings. The smallest absolute Gasteiger partial charge is 0.254 e. The lowest BCUT2D eigenvalue weighted by atomic mass is 10.0. The van der Waals surface area contributed by atoms with Gasteiger partial charge in [0.1, 0.15) is 5.82 Å². The van der Waals surface area contributed by atoms with Crippen LogP contribution < -0.4 is 11.1 Å². The van der Waals surface area contributed by atoms with Crippen LogP contribution in [0.3, 0.4) is 0 Å². The Labute approximate surface area is 110 Å². The number of amides is 1. The summed E-state index contributed by atoms with van der Waals surface area (Å²) in [4.78, 5) is 15.7. The lowest BCUT2D eigenvalue weighted by Crippen LogP contribution is -2.19. The molecule has 0 fully saturated rings. The van der Waals surface area contributed by atoms with Gasteiger partial charge < -0.3 is 11.1 Å². The van der Waals surface area contributed by atoms with Crippen molar-refractivity contribution in [3.63, 3.8) is 0 Å². The molecular formula is C14H12N4O. The molecule has 0 saturated carbocycles. The standard InChI is InChI=1S/C14H12N4O/c1-17-14(19)12-6-11(8-18-13(12)16)10-4-2-3-9(5-10)7-15/h2-6,8H,1H3,(H2,16,18)(H,17,19). The first-order valence-electron chi connectivity index (χ1n) is 5.64. The van der Waals surface area contributed by atoms with Gasteiger partial charge in [0, 0.05) is 18.8 Å². The molecule has 0 radical (unpaired) electrons. The average molecular weight is 252 g/mol. The van der Waals surface area contributed by atoms with Crippen molar-refractivity contribution in [3.8, 4) is 17.2 Å². The number of pyridine rings is 1. The lowest BCUT2D eigenvalue weighted by Gasteiger charge is -2.07. The van der Waals surface area contributed by atoms with Crippen molar-refractivity contribution in [1.29, 1.82) is 5.26 Å². The van der Waals surface area contributed by atoms with E-state index in [9.17, 15) is 4.79 Å². The highest BCUT2D eigenvalue weighted by atomic mass is 16.1. The molecule has 0 atom stereocenters. The number of rotatable bonds is 2. The first-order chi connectivity index (χ1) is 9.15. The van der Waals surface area contributed by atoms with Gasteiger partial charge in [-0.25, -0.2) is 4.98 Å². The summed E-state index contributed by atoms with van der Waals surface area (Å²) in [6.45, 7) is 0. The second-order valence-electron chi connectivity index (χ2n) is 3.93. The fourth-order valence-corrected chi connectivity index (χ4v) is 1.72. The molecule has 1 aromatic carbocycles. The van der Waals surface area contributed by atoms with E-state index in [1.807, 2.05) is 6.07 Å². The minimum absolute atomic E-state index is 0.180. The van der Waals surface area contributed by atoms with Crippen molar-refractivity contribution in [2.75, 3.05) is 12.8 Å². The van der Waals surface area contributed by atoms with Gasteiger partial charge in [0.25, 0.3) is 5.91 Å². The van der Waals surface area contributed by atoms with Gasteiger partial charge in [-0.2, -0.15) is 5.26 Å². The summed E-state index contributed by atoms with van der Waals surface area (Å²) in [5, 5.41) is 11.4. The Morgan fingerprint density at radius 3 is 2.84 bits per heavy atom. The van der Waals surface area contributed by atoms with Gasteiger partial charge in [-0.05, 0) is 23.8 Å². The third-order valence-corrected chi connectivity index (χ3v) is 2.72. The van der Waals surface area contributed by atoms with Gasteiger partial charge in [-0.3, -0.25) is 4.79 Å². The van der Waals surface area contributed by atoms with Crippen LogP contribution in [-0.2, 0) is 0 Å². The first-order valence-corrected chi connectivity index (χ1v) is 5.64. The maximum Gasteiger partial charge on any atom is 0.254 e. The maximum atomic E-state index is 11.7. The van der Waals surface area contributed by atoms with Crippen molar-refractivity contribution < 1.29 is 4.79 Å². The molecule has 0 aliphatic rings. The number of nitriles is 1. The quantitative estimate of drug-likeness (QED) is 0.848. The largest absolute Gasteiger partial charge is 0.383 e. The molecule has 0 bridgehead atoms. The second kappa shape index (κ2) is 5.19. The van der Waals surface area contributed by atoms with Crippen LogP contribution in [0, 0.1) is 11.3 Å². The van der Waals surface area contributed by atoms with Crippen LogP contribution in [0.25, 0.3) is 11.1 Å². The number of hydrogen-bond acceptors (Lipinski definition) is 4. The van der Waals surface area contributed by atoms with Crippen LogP contribution in [0.4, 0.5) is 5.82 Å². The number of hydrogen-bond donors (Lipinski definition) is 2. The number of carbonyl (C=O) groups is 1. The van der Waals surface area contributed by atoms with Crippen LogP contribution >= 0.6 is 0 Å². The second-order valence-corrected chi connectivity index (χ2v) is 3.93. The highest BCUT2D eigenvalue weighted by Crippen LogP contribution is 2.22. The minimum atomic E-state index is -0.289. The van der Waals surface area contributed by atoms with Crippen LogP contribution in [0.15, 0.2) is 36.5 Å². The normalized spacial score (nSPS) is 9.68. The number of anilines is 1. The number of aromatic nitrogens is 1. The van der Waals surface area contributed by atoms with Gasteiger partial charge in [0.15, 0.2) is 0 Å². The lowest BCUT2D eigenvalue weighted by molar-refractivity contribution is 0.0963. The molecule has 0 aliphatic heterocycles. The van der Waals surface area contributed by atoms with E-state index in [-0.39, 0.29) is 11.7 Å². The Hall–Kier alpha value is -2.87. The summed E-state index contributed by atoms with van der Waals surface area (Å²) in [6, 6.07) is 10.8. The molecule has 5 nitrogen and oxygen atoms in total. The Morgan fingerprint density at radius 1 is 1.37 bits per heavy atom. The van der Waals surface area contributed by atoms with Crippen molar-refractivity contribution in [3.05, 3.63) is 47.7 Å². The number of nitrogen functional groups attached to an aromatic ring is 1. The Morgan fingerprint density at radius 2 is 2.16 bits per heavy atom. The van der Waals surface area contributed by atoms with Gasteiger partial charge in [-0.1, -0.05) is 12.1 Å². The number of nitrogens with two attached hydrogens (primary N) is 1. The fourth-order valence-electron chi connectivity index (χ4n) is 1.72. The molecule has 19 heavy (non-hydrogen) atoms. The zero-order valence-electron chi connectivity index (χ0n) is 10.3. The highest BCUT2D eigenvalue weighted by Gasteiger charge is 2.11. The summed E-state index contributed by atoms with van der Waals surface area (Å²) in [5.74, 6) is -0.108. The summed E-state index contributed by atoms with van der Waals surface area (Å²) >= 11 is 0. The number of nitrogens with zero attached hydrogens (tertiary/aromatic N) is 2. The van der Waals surface area contributed by atoms with E-state index in [2.05, 4.69) is 16.4 Å². The van der Waals surface area contributed by atoms with E-state index < -0.39 is 0 Å². The third-order valence-electron chi connectivity index (χ3n) is 2.72. The summed E-state index contributed by atoms with van der Waals surface area (Å²) in [6.07, 6.45) is 1.58. The van der Waals surface area contributed by atoms with Crippen LogP contribution in [0.1, 0.15) is 15.9 Å². The van der Waals surface area contributed by atoms with E-state index in [1.165, 1.54) is 7.05 Å². The highest BCUT2D eigenvalue weighted by molar-refractivity contribution is 5.99. The SMILES string of the molecule is CNC(=O)c1cc(-c2cccc(C#N)c2)cnc1N. The molecule has 0 aliphatic carbocycles. The maximum absolute atomic E-state index is 11.7. The first kappa shape index (κ1) is 12.6. The monoisotopic (exact) mass is 252 g/mol. The van der Waals surface area contributed by atoms with Crippen molar-refractivity contribution in [2.24, 2.45) is 0 Å². The zero-order valence-corrected chi connectivity index (χ0v) is 10.3. The Balaban J connectivity index is 2.51.